The standard InChI is InChI=1S/C16H14ClFN2O6/c1-24-14(21)12-5-3-4-6-20(12)15(22)19-11-8-13(26-16(23)25-2)9(17)7-10(11)18/h3-8,12H,1-2H3,(H,19,22). The molecule has 1 atom stereocenters. The van der Waals surface area contributed by atoms with E-state index in [0.717, 1.165) is 24.1 Å². The summed E-state index contributed by atoms with van der Waals surface area (Å²) in [5, 5.41) is 2.08. The summed E-state index contributed by atoms with van der Waals surface area (Å²) in [4.78, 5) is 36.4. The number of anilines is 1. The summed E-state index contributed by atoms with van der Waals surface area (Å²) in [5.74, 6) is -1.76. The Balaban J connectivity index is 2.24. The van der Waals surface area contributed by atoms with Gasteiger partial charge in [0.2, 0.25) is 0 Å². The molecule has 0 spiro atoms. The van der Waals surface area contributed by atoms with Crippen LogP contribution in [-0.4, -0.2) is 43.3 Å². The molecule has 1 N–H and O–H groups in total. The van der Waals surface area contributed by atoms with Gasteiger partial charge in [-0.1, -0.05) is 23.8 Å². The van der Waals surface area contributed by atoms with Crippen molar-refractivity contribution in [3.05, 3.63) is 47.4 Å². The maximum absolute atomic E-state index is 14.1. The lowest BCUT2D eigenvalue weighted by Gasteiger charge is -2.26. The highest BCUT2D eigenvalue weighted by molar-refractivity contribution is 6.32. The van der Waals surface area contributed by atoms with Crippen LogP contribution in [0.5, 0.6) is 5.75 Å². The number of ether oxygens (including phenoxy) is 3. The number of hydrogen-bond donors (Lipinski definition) is 1. The fourth-order valence-electron chi connectivity index (χ4n) is 2.02. The van der Waals surface area contributed by atoms with E-state index in [1.165, 1.54) is 25.5 Å². The lowest BCUT2D eigenvalue weighted by molar-refractivity contribution is -0.143. The van der Waals surface area contributed by atoms with E-state index in [9.17, 15) is 18.8 Å². The van der Waals surface area contributed by atoms with Gasteiger partial charge in [0.15, 0.2) is 11.8 Å². The highest BCUT2D eigenvalue weighted by Crippen LogP contribution is 2.31. The van der Waals surface area contributed by atoms with Crippen molar-refractivity contribution < 1.29 is 33.0 Å². The van der Waals surface area contributed by atoms with Crippen LogP contribution in [0.3, 0.4) is 0 Å². The van der Waals surface area contributed by atoms with E-state index in [2.05, 4.69) is 14.8 Å². The van der Waals surface area contributed by atoms with Crippen molar-refractivity contribution in [2.75, 3.05) is 19.5 Å². The van der Waals surface area contributed by atoms with E-state index in [1.807, 2.05) is 0 Å². The Hall–Kier alpha value is -3.07. The molecule has 2 rings (SSSR count). The number of urea groups is 1. The SMILES string of the molecule is COC(=O)Oc1cc(NC(=O)N2C=CC=CC2C(=O)OC)c(F)cc1Cl. The van der Waals surface area contributed by atoms with Gasteiger partial charge < -0.3 is 19.5 Å². The summed E-state index contributed by atoms with van der Waals surface area (Å²) in [6.07, 6.45) is 4.79. The van der Waals surface area contributed by atoms with Crippen molar-refractivity contribution in [3.8, 4) is 5.75 Å². The first-order chi connectivity index (χ1) is 12.4. The van der Waals surface area contributed by atoms with Crippen molar-refractivity contribution in [1.29, 1.82) is 0 Å². The third-order valence-electron chi connectivity index (χ3n) is 3.25. The topological polar surface area (TPSA) is 94.2 Å². The smallest absolute Gasteiger partial charge is 0.467 e. The molecule has 1 aromatic rings. The number of benzene rings is 1. The monoisotopic (exact) mass is 384 g/mol. The Morgan fingerprint density at radius 2 is 1.92 bits per heavy atom. The predicted octanol–water partition coefficient (Wildman–Crippen LogP) is 3.08. The molecule has 1 unspecified atom stereocenters. The summed E-state index contributed by atoms with van der Waals surface area (Å²) in [6, 6.07) is 0.0554. The minimum atomic E-state index is -1.06. The molecule has 1 aliphatic heterocycles. The predicted molar refractivity (Wildman–Crippen MR) is 89.4 cm³/mol. The van der Waals surface area contributed by atoms with Crippen LogP contribution in [0.2, 0.25) is 5.02 Å². The van der Waals surface area contributed by atoms with Crippen LogP contribution in [0, 0.1) is 5.82 Å². The first-order valence-electron chi connectivity index (χ1n) is 7.14. The van der Waals surface area contributed by atoms with Crippen LogP contribution in [-0.2, 0) is 14.3 Å². The minimum absolute atomic E-state index is 0.195. The molecule has 0 aliphatic carbocycles. The summed E-state index contributed by atoms with van der Waals surface area (Å²) in [6.45, 7) is 0. The van der Waals surface area contributed by atoms with Gasteiger partial charge in [-0.15, -0.1) is 0 Å². The second-order valence-corrected chi connectivity index (χ2v) is 5.26. The van der Waals surface area contributed by atoms with E-state index in [0.29, 0.717) is 0 Å². The molecule has 0 bridgehead atoms. The van der Waals surface area contributed by atoms with Crippen molar-refractivity contribution in [2.24, 2.45) is 0 Å². The number of rotatable bonds is 3. The third kappa shape index (κ3) is 4.31. The van der Waals surface area contributed by atoms with Gasteiger partial charge in [-0.25, -0.2) is 18.8 Å². The Bertz CT molecular complexity index is 795. The average molecular weight is 385 g/mol. The molecule has 1 aromatic carbocycles. The molecule has 0 aromatic heterocycles. The number of allylic oxidation sites excluding steroid dienone is 2. The Morgan fingerprint density at radius 3 is 2.58 bits per heavy atom. The molecule has 0 saturated carbocycles. The second-order valence-electron chi connectivity index (χ2n) is 4.85. The Kier molecular flexibility index (Phi) is 6.18. The van der Waals surface area contributed by atoms with Crippen LogP contribution in [0.25, 0.3) is 0 Å². The highest BCUT2D eigenvalue weighted by Gasteiger charge is 2.29. The van der Waals surface area contributed by atoms with Gasteiger partial charge in [-0.05, 0) is 12.1 Å². The number of methoxy groups -OCH3 is 2. The van der Waals surface area contributed by atoms with Gasteiger partial charge in [0, 0.05) is 12.3 Å². The largest absolute Gasteiger partial charge is 0.513 e. The number of halogens is 2. The first-order valence-corrected chi connectivity index (χ1v) is 7.52. The van der Waals surface area contributed by atoms with Crippen LogP contribution in [0.4, 0.5) is 19.7 Å². The number of nitrogens with one attached hydrogen (secondary N) is 1. The first kappa shape index (κ1) is 19.3. The van der Waals surface area contributed by atoms with Gasteiger partial charge in [0.1, 0.15) is 5.82 Å². The molecule has 0 radical (unpaired) electrons. The molecular weight excluding hydrogens is 371 g/mol. The molecule has 26 heavy (non-hydrogen) atoms. The number of hydrogen-bond acceptors (Lipinski definition) is 6. The molecule has 0 fully saturated rings. The van der Waals surface area contributed by atoms with Gasteiger partial charge in [0.05, 0.1) is 24.9 Å². The maximum atomic E-state index is 14.1. The molecule has 1 heterocycles. The fourth-order valence-corrected chi connectivity index (χ4v) is 2.21. The lowest BCUT2D eigenvalue weighted by atomic mass is 10.2. The summed E-state index contributed by atoms with van der Waals surface area (Å²) < 4.78 is 27.8. The highest BCUT2D eigenvalue weighted by atomic mass is 35.5. The van der Waals surface area contributed by atoms with Crippen molar-refractivity contribution in [3.63, 3.8) is 0 Å². The van der Waals surface area contributed by atoms with Gasteiger partial charge in [0.25, 0.3) is 0 Å². The number of carbonyl (C=O) groups excluding carboxylic acids is 3. The zero-order valence-corrected chi connectivity index (χ0v) is 14.5. The van der Waals surface area contributed by atoms with Gasteiger partial charge >= 0.3 is 18.2 Å². The van der Waals surface area contributed by atoms with E-state index < -0.39 is 30.0 Å². The van der Waals surface area contributed by atoms with Gasteiger partial charge in [-0.3, -0.25) is 4.90 Å². The third-order valence-corrected chi connectivity index (χ3v) is 3.55. The summed E-state index contributed by atoms with van der Waals surface area (Å²) >= 11 is 5.79. The van der Waals surface area contributed by atoms with Crippen LogP contribution in [0.15, 0.2) is 36.6 Å². The van der Waals surface area contributed by atoms with E-state index in [1.54, 1.807) is 6.08 Å². The van der Waals surface area contributed by atoms with E-state index in [-0.39, 0.29) is 16.5 Å². The van der Waals surface area contributed by atoms with Gasteiger partial charge in [-0.2, -0.15) is 0 Å². The molecule has 10 heteroatoms. The molecule has 1 aliphatic rings. The zero-order valence-electron chi connectivity index (χ0n) is 13.7. The fraction of sp³-hybridized carbons (Fsp3) is 0.188. The van der Waals surface area contributed by atoms with E-state index >= 15 is 0 Å². The lowest BCUT2D eigenvalue weighted by Crippen LogP contribution is -2.44. The zero-order chi connectivity index (χ0) is 19.3. The average Bonchev–Trinajstić information content (AvgIpc) is 2.64. The molecule has 138 valence electrons. The normalized spacial score (nSPS) is 15.4. The minimum Gasteiger partial charge on any atom is -0.467 e. The molecule has 2 amide bonds. The van der Waals surface area contributed by atoms with Crippen LogP contribution < -0.4 is 10.1 Å². The Labute approximate surface area is 152 Å². The van der Waals surface area contributed by atoms with Crippen molar-refractivity contribution in [2.45, 2.75) is 6.04 Å². The Morgan fingerprint density at radius 1 is 1.19 bits per heavy atom. The number of carbonyl (C=O) groups is 3. The van der Waals surface area contributed by atoms with E-state index in [4.69, 9.17) is 16.3 Å². The number of esters is 1. The molecule has 0 saturated heterocycles. The quantitative estimate of drug-likeness (QED) is 0.635. The number of amides is 2. The summed E-state index contributed by atoms with van der Waals surface area (Å²) in [7, 11) is 2.27. The maximum Gasteiger partial charge on any atom is 0.513 e. The van der Waals surface area contributed by atoms with Crippen LogP contribution >= 0.6 is 11.6 Å². The molecule has 8 nitrogen and oxygen atoms in total. The summed E-state index contributed by atoms with van der Waals surface area (Å²) in [5.41, 5.74) is -0.315. The van der Waals surface area contributed by atoms with Crippen molar-refractivity contribution in [1.82, 2.24) is 4.90 Å². The second kappa shape index (κ2) is 8.34. The number of nitrogens with zero attached hydrogens (tertiary/aromatic N) is 1. The van der Waals surface area contributed by atoms with Crippen molar-refractivity contribution >= 4 is 35.4 Å². The molecular formula is C16H14ClFN2O6. The van der Waals surface area contributed by atoms with Crippen LogP contribution in [0.1, 0.15) is 0 Å².